The van der Waals surface area contributed by atoms with Crippen LogP contribution in [0.15, 0.2) is 41.8 Å². The summed E-state index contributed by atoms with van der Waals surface area (Å²) < 4.78 is 38.6. The van der Waals surface area contributed by atoms with Crippen LogP contribution in [0.2, 0.25) is 0 Å². The topological polar surface area (TPSA) is 106 Å². The molecule has 1 aromatic carbocycles. The summed E-state index contributed by atoms with van der Waals surface area (Å²) >= 11 is 1.44. The lowest BCUT2D eigenvalue weighted by Crippen LogP contribution is -2.40. The molecule has 1 aliphatic rings. The number of nitrogens with two attached hydrogens (primary N) is 1. The Morgan fingerprint density at radius 1 is 1.12 bits per heavy atom. The predicted octanol–water partition coefficient (Wildman–Crippen LogP) is 2.84. The Kier molecular flexibility index (Phi) is 5.63. The van der Waals surface area contributed by atoms with Crippen LogP contribution in [0.5, 0.6) is 0 Å². The van der Waals surface area contributed by atoms with Gasteiger partial charge in [0, 0.05) is 24.0 Å². The van der Waals surface area contributed by atoms with Gasteiger partial charge in [-0.05, 0) is 42.8 Å². The van der Waals surface area contributed by atoms with Crippen LogP contribution in [0.25, 0.3) is 16.9 Å². The minimum absolute atomic E-state index is 0.120. The number of anilines is 1. The van der Waals surface area contributed by atoms with Gasteiger partial charge in [-0.25, -0.2) is 27.3 Å². The molecule has 4 heterocycles. The van der Waals surface area contributed by atoms with Gasteiger partial charge in [0.15, 0.2) is 15.5 Å². The highest BCUT2D eigenvalue weighted by molar-refractivity contribution is 7.91. The molecule has 4 aromatic rings. The summed E-state index contributed by atoms with van der Waals surface area (Å²) in [6.45, 7) is 2.83. The molecule has 2 N–H and O–H groups in total. The molecule has 8 nitrogen and oxygen atoms in total. The quantitative estimate of drug-likeness (QED) is 0.462. The number of nitrogens with zero attached hydrogens (tertiary/aromatic N) is 5. The summed E-state index contributed by atoms with van der Waals surface area (Å²) in [6.07, 6.45) is 0.680. The van der Waals surface area contributed by atoms with Crippen LogP contribution in [0, 0.1) is 5.82 Å². The van der Waals surface area contributed by atoms with Crippen molar-refractivity contribution in [2.24, 2.45) is 5.73 Å². The molecular formula is C22H23FN6O2S2. The Morgan fingerprint density at radius 3 is 2.55 bits per heavy atom. The second-order valence-electron chi connectivity index (χ2n) is 7.95. The highest BCUT2D eigenvalue weighted by atomic mass is 32.2. The molecule has 1 unspecified atom stereocenters. The molecule has 5 rings (SSSR count). The zero-order valence-electron chi connectivity index (χ0n) is 18.0. The van der Waals surface area contributed by atoms with Crippen LogP contribution >= 0.6 is 11.3 Å². The number of hydrogen-bond donors (Lipinski definition) is 1. The second-order valence-corrected chi connectivity index (χ2v) is 11.1. The third kappa shape index (κ3) is 4.23. The Labute approximate surface area is 194 Å². The smallest absolute Gasteiger partial charge is 0.154 e. The average molecular weight is 487 g/mol. The first-order valence-corrected chi connectivity index (χ1v) is 13.4. The van der Waals surface area contributed by atoms with E-state index in [9.17, 15) is 12.8 Å². The maximum atomic E-state index is 13.3. The first-order chi connectivity index (χ1) is 15.8. The van der Waals surface area contributed by atoms with Crippen LogP contribution in [-0.4, -0.2) is 52.6 Å². The molecule has 0 saturated carbocycles. The van der Waals surface area contributed by atoms with Crippen LogP contribution in [0.1, 0.15) is 29.4 Å². The zero-order chi connectivity index (χ0) is 23.2. The van der Waals surface area contributed by atoms with Gasteiger partial charge in [-0.3, -0.25) is 0 Å². The van der Waals surface area contributed by atoms with Crippen LogP contribution in [0.4, 0.5) is 10.2 Å². The van der Waals surface area contributed by atoms with Gasteiger partial charge in [0.25, 0.3) is 0 Å². The molecule has 172 valence electrons. The summed E-state index contributed by atoms with van der Waals surface area (Å²) in [5, 5.41) is 7.39. The lowest BCUT2D eigenvalue weighted by atomic mass is 10.1. The molecule has 0 bridgehead atoms. The molecule has 0 amide bonds. The van der Waals surface area contributed by atoms with E-state index in [1.165, 1.54) is 23.5 Å². The molecule has 1 atom stereocenters. The Bertz CT molecular complexity index is 1400. The minimum Gasteiger partial charge on any atom is -0.353 e. The van der Waals surface area contributed by atoms with E-state index >= 15 is 0 Å². The largest absolute Gasteiger partial charge is 0.353 e. The van der Waals surface area contributed by atoms with Crippen molar-refractivity contribution in [1.82, 2.24) is 19.6 Å². The molecule has 1 aliphatic heterocycles. The standard InChI is InChI=1S/C22H23FN6O2S2/c1-2-16-21(20(24)22-26-17(13-32-22)14-3-5-15(23)6-4-14)29-18(25-16)7-8-19(27-29)28-9-11-33(30,31)12-10-28/h3-8,13,20H,2,9-12,24H2,1H3. The number of benzene rings is 1. The first kappa shape index (κ1) is 21.9. The Balaban J connectivity index is 1.51. The lowest BCUT2D eigenvalue weighted by Gasteiger charge is -2.27. The maximum Gasteiger partial charge on any atom is 0.154 e. The van der Waals surface area contributed by atoms with Crippen LogP contribution in [-0.2, 0) is 16.3 Å². The highest BCUT2D eigenvalue weighted by Crippen LogP contribution is 2.30. The van der Waals surface area contributed by atoms with Gasteiger partial charge in [0.05, 0.1) is 28.6 Å². The number of sulfone groups is 1. The van der Waals surface area contributed by atoms with Crippen molar-refractivity contribution < 1.29 is 12.8 Å². The average Bonchev–Trinajstić information content (AvgIpc) is 3.44. The van der Waals surface area contributed by atoms with Crippen molar-refractivity contribution in [2.75, 3.05) is 29.5 Å². The third-order valence-electron chi connectivity index (χ3n) is 5.80. The molecule has 1 saturated heterocycles. The number of fused-ring (bicyclic) bond motifs is 1. The normalized spacial score (nSPS) is 16.9. The number of thiazole rings is 1. The number of rotatable bonds is 5. The van der Waals surface area contributed by atoms with Crippen LogP contribution in [0.3, 0.4) is 0 Å². The van der Waals surface area contributed by atoms with E-state index in [0.717, 1.165) is 22.6 Å². The van der Waals surface area contributed by atoms with Crippen molar-refractivity contribution in [1.29, 1.82) is 0 Å². The van der Waals surface area contributed by atoms with Crippen molar-refractivity contribution in [3.05, 3.63) is 64.0 Å². The lowest BCUT2D eigenvalue weighted by molar-refractivity contribution is 0.585. The summed E-state index contributed by atoms with van der Waals surface area (Å²) in [7, 11) is -2.98. The molecule has 11 heteroatoms. The van der Waals surface area contributed by atoms with Gasteiger partial charge in [-0.15, -0.1) is 16.4 Å². The summed E-state index contributed by atoms with van der Waals surface area (Å²) in [4.78, 5) is 11.4. The van der Waals surface area contributed by atoms with Crippen molar-refractivity contribution >= 4 is 32.6 Å². The molecule has 1 fully saturated rings. The van der Waals surface area contributed by atoms with Gasteiger partial charge in [-0.1, -0.05) is 6.92 Å². The van der Waals surface area contributed by atoms with E-state index in [1.54, 1.807) is 16.6 Å². The fourth-order valence-corrected chi connectivity index (χ4v) is 6.00. The monoisotopic (exact) mass is 486 g/mol. The fourth-order valence-electron chi connectivity index (χ4n) is 3.97. The number of halogens is 1. The summed E-state index contributed by atoms with van der Waals surface area (Å²) in [5.74, 6) is 0.637. The highest BCUT2D eigenvalue weighted by Gasteiger charge is 2.26. The van der Waals surface area contributed by atoms with E-state index < -0.39 is 15.9 Å². The Morgan fingerprint density at radius 2 is 1.85 bits per heavy atom. The SMILES string of the molecule is CCc1nc2ccc(N3CCS(=O)(=O)CC3)nn2c1C(N)c1nc(-c2ccc(F)cc2)cs1. The van der Waals surface area contributed by atoms with Crippen molar-refractivity contribution in [3.63, 3.8) is 0 Å². The number of hydrogen-bond acceptors (Lipinski definition) is 8. The Hall–Kier alpha value is -2.89. The van der Waals surface area contributed by atoms with E-state index in [0.29, 0.717) is 36.0 Å². The van der Waals surface area contributed by atoms with E-state index in [-0.39, 0.29) is 17.3 Å². The van der Waals surface area contributed by atoms with E-state index in [1.807, 2.05) is 29.3 Å². The van der Waals surface area contributed by atoms with Gasteiger partial charge in [-0.2, -0.15) is 0 Å². The third-order valence-corrected chi connectivity index (χ3v) is 8.34. The molecular weight excluding hydrogens is 463 g/mol. The van der Waals surface area contributed by atoms with Gasteiger partial charge in [0.1, 0.15) is 22.7 Å². The van der Waals surface area contributed by atoms with Crippen LogP contribution < -0.4 is 10.6 Å². The fraction of sp³-hybridized carbons (Fsp3) is 0.318. The van der Waals surface area contributed by atoms with E-state index in [4.69, 9.17) is 20.8 Å². The van der Waals surface area contributed by atoms with Crippen molar-refractivity contribution in [2.45, 2.75) is 19.4 Å². The number of imidazole rings is 1. The summed E-state index contributed by atoms with van der Waals surface area (Å²) in [5.41, 5.74) is 10.5. The molecule has 33 heavy (non-hydrogen) atoms. The minimum atomic E-state index is -2.98. The molecule has 3 aromatic heterocycles. The first-order valence-electron chi connectivity index (χ1n) is 10.7. The van der Waals surface area contributed by atoms with Gasteiger partial charge >= 0.3 is 0 Å². The van der Waals surface area contributed by atoms with E-state index in [2.05, 4.69) is 0 Å². The zero-order valence-corrected chi connectivity index (χ0v) is 19.6. The predicted molar refractivity (Wildman–Crippen MR) is 127 cm³/mol. The van der Waals surface area contributed by atoms with Gasteiger partial charge < -0.3 is 10.6 Å². The number of aryl methyl sites for hydroxylation is 1. The molecule has 0 aliphatic carbocycles. The van der Waals surface area contributed by atoms with Crippen molar-refractivity contribution in [3.8, 4) is 11.3 Å². The maximum absolute atomic E-state index is 13.3. The number of aromatic nitrogens is 4. The molecule has 0 spiro atoms. The second kappa shape index (κ2) is 8.47. The van der Waals surface area contributed by atoms with Gasteiger partial charge in [0.2, 0.25) is 0 Å². The summed E-state index contributed by atoms with van der Waals surface area (Å²) in [6, 6.07) is 9.41. The molecule has 0 radical (unpaired) electrons.